The van der Waals surface area contributed by atoms with Gasteiger partial charge in [-0.05, 0) is 54.1 Å². The number of rotatable bonds is 7. The first kappa shape index (κ1) is 19.7. The lowest BCUT2D eigenvalue weighted by Crippen LogP contribution is -2.05. The number of amides is 1. The summed E-state index contributed by atoms with van der Waals surface area (Å²) in [5.74, 6) is 0.154. The minimum atomic E-state index is -0.381. The van der Waals surface area contributed by atoms with Crippen LogP contribution >= 0.6 is 11.6 Å². The van der Waals surface area contributed by atoms with E-state index in [1.165, 1.54) is 13.0 Å². The first-order valence-corrected chi connectivity index (χ1v) is 9.15. The lowest BCUT2D eigenvalue weighted by molar-refractivity contribution is -0.114. The molecular formula is C22H20ClFN2O2. The number of hydrogen-bond donors (Lipinski definition) is 2. The number of ether oxygens (including phenoxy) is 1. The molecule has 2 N–H and O–H groups in total. The summed E-state index contributed by atoms with van der Waals surface area (Å²) >= 11 is 6.03. The minimum Gasteiger partial charge on any atom is -0.489 e. The summed E-state index contributed by atoms with van der Waals surface area (Å²) in [5.41, 5.74) is 3.04. The van der Waals surface area contributed by atoms with Gasteiger partial charge in [0.15, 0.2) is 0 Å². The fourth-order valence-electron chi connectivity index (χ4n) is 2.65. The predicted molar refractivity (Wildman–Crippen MR) is 110 cm³/mol. The quantitative estimate of drug-likeness (QED) is 0.542. The highest BCUT2D eigenvalue weighted by Gasteiger charge is 2.08. The molecule has 6 heteroatoms. The van der Waals surface area contributed by atoms with Gasteiger partial charge in [0.1, 0.15) is 18.2 Å². The Hall–Kier alpha value is -3.05. The van der Waals surface area contributed by atoms with Gasteiger partial charge in [0.25, 0.3) is 0 Å². The van der Waals surface area contributed by atoms with E-state index in [0.29, 0.717) is 22.9 Å². The molecular weight excluding hydrogens is 379 g/mol. The smallest absolute Gasteiger partial charge is 0.221 e. The van der Waals surface area contributed by atoms with Crippen molar-refractivity contribution in [3.05, 3.63) is 88.7 Å². The van der Waals surface area contributed by atoms with Gasteiger partial charge in [-0.15, -0.1) is 0 Å². The molecule has 28 heavy (non-hydrogen) atoms. The molecule has 0 radical (unpaired) electrons. The first-order chi connectivity index (χ1) is 13.5. The highest BCUT2D eigenvalue weighted by molar-refractivity contribution is 6.31. The van der Waals surface area contributed by atoms with Gasteiger partial charge in [0.2, 0.25) is 5.91 Å². The summed E-state index contributed by atoms with van der Waals surface area (Å²) in [6.07, 6.45) is 0. The van der Waals surface area contributed by atoms with Gasteiger partial charge in [-0.3, -0.25) is 4.79 Å². The topological polar surface area (TPSA) is 50.4 Å². The normalized spacial score (nSPS) is 10.4. The van der Waals surface area contributed by atoms with E-state index in [9.17, 15) is 9.18 Å². The molecule has 1 amide bonds. The Labute approximate surface area is 168 Å². The molecule has 3 rings (SSSR count). The predicted octanol–water partition coefficient (Wildman–Crippen LogP) is 5.63. The van der Waals surface area contributed by atoms with Crippen molar-refractivity contribution < 1.29 is 13.9 Å². The Balaban J connectivity index is 1.58. The van der Waals surface area contributed by atoms with Crippen LogP contribution < -0.4 is 15.4 Å². The lowest BCUT2D eigenvalue weighted by atomic mass is 10.2. The van der Waals surface area contributed by atoms with E-state index in [2.05, 4.69) is 10.6 Å². The average Bonchev–Trinajstić information content (AvgIpc) is 2.67. The molecule has 0 atom stereocenters. The molecule has 0 spiro atoms. The van der Waals surface area contributed by atoms with Crippen molar-refractivity contribution in [1.29, 1.82) is 0 Å². The highest BCUT2D eigenvalue weighted by Crippen LogP contribution is 2.22. The van der Waals surface area contributed by atoms with Gasteiger partial charge in [0, 0.05) is 30.4 Å². The molecule has 0 heterocycles. The monoisotopic (exact) mass is 398 g/mol. The van der Waals surface area contributed by atoms with Crippen LogP contribution in [0.3, 0.4) is 0 Å². The SMILES string of the molecule is CC(=O)Nc1ccc(NCc2cccc(OCc3c(F)cccc3Cl)c2)cc1. The minimum absolute atomic E-state index is 0.0625. The number of anilines is 2. The molecule has 0 bridgehead atoms. The van der Waals surface area contributed by atoms with E-state index in [0.717, 1.165) is 16.9 Å². The molecule has 0 saturated heterocycles. The van der Waals surface area contributed by atoms with Gasteiger partial charge in [-0.1, -0.05) is 29.8 Å². The van der Waals surface area contributed by atoms with Crippen molar-refractivity contribution in [2.24, 2.45) is 0 Å². The van der Waals surface area contributed by atoms with Crippen molar-refractivity contribution in [1.82, 2.24) is 0 Å². The number of halogens is 2. The molecule has 4 nitrogen and oxygen atoms in total. The second-order valence-corrected chi connectivity index (χ2v) is 6.66. The average molecular weight is 399 g/mol. The van der Waals surface area contributed by atoms with Crippen molar-refractivity contribution in [3.63, 3.8) is 0 Å². The van der Waals surface area contributed by atoms with Crippen LogP contribution in [0.4, 0.5) is 15.8 Å². The van der Waals surface area contributed by atoms with Crippen LogP contribution in [0.2, 0.25) is 5.02 Å². The Morgan fingerprint density at radius 1 is 1.04 bits per heavy atom. The van der Waals surface area contributed by atoms with E-state index in [1.54, 1.807) is 12.1 Å². The van der Waals surface area contributed by atoms with Crippen molar-refractivity contribution in [2.75, 3.05) is 10.6 Å². The van der Waals surface area contributed by atoms with Crippen molar-refractivity contribution >= 4 is 28.9 Å². The molecule has 3 aromatic carbocycles. The zero-order valence-corrected chi connectivity index (χ0v) is 16.1. The lowest BCUT2D eigenvalue weighted by Gasteiger charge is -2.11. The van der Waals surface area contributed by atoms with E-state index in [1.807, 2.05) is 48.5 Å². The molecule has 0 aliphatic carbocycles. The third kappa shape index (κ3) is 5.47. The summed E-state index contributed by atoms with van der Waals surface area (Å²) in [5, 5.41) is 6.39. The fourth-order valence-corrected chi connectivity index (χ4v) is 2.87. The summed E-state index contributed by atoms with van der Waals surface area (Å²) in [7, 11) is 0. The summed E-state index contributed by atoms with van der Waals surface area (Å²) in [4.78, 5) is 11.1. The highest BCUT2D eigenvalue weighted by atomic mass is 35.5. The summed E-state index contributed by atoms with van der Waals surface area (Å²) in [6, 6.07) is 19.6. The van der Waals surface area contributed by atoms with Gasteiger partial charge < -0.3 is 15.4 Å². The van der Waals surface area contributed by atoms with Crippen LogP contribution in [-0.2, 0) is 17.9 Å². The third-order valence-electron chi connectivity index (χ3n) is 4.05. The third-order valence-corrected chi connectivity index (χ3v) is 4.40. The van der Waals surface area contributed by atoms with Crippen LogP contribution in [0.25, 0.3) is 0 Å². The van der Waals surface area contributed by atoms with Crippen LogP contribution in [0, 0.1) is 5.82 Å². The number of benzene rings is 3. The van der Waals surface area contributed by atoms with E-state index >= 15 is 0 Å². The number of carbonyl (C=O) groups is 1. The molecule has 0 aliphatic rings. The Morgan fingerprint density at radius 3 is 2.46 bits per heavy atom. The largest absolute Gasteiger partial charge is 0.489 e. The molecule has 0 saturated carbocycles. The maximum atomic E-state index is 13.8. The van der Waals surface area contributed by atoms with Crippen LogP contribution in [0.5, 0.6) is 5.75 Å². The fraction of sp³-hybridized carbons (Fsp3) is 0.136. The number of hydrogen-bond acceptors (Lipinski definition) is 3. The molecule has 0 aromatic heterocycles. The molecule has 0 aliphatic heterocycles. The van der Waals surface area contributed by atoms with E-state index in [-0.39, 0.29) is 18.3 Å². The zero-order chi connectivity index (χ0) is 19.9. The molecule has 144 valence electrons. The van der Waals surface area contributed by atoms with Crippen LogP contribution in [0.1, 0.15) is 18.1 Å². The standard InChI is InChI=1S/C22H20ClFN2O2/c1-15(27)26-18-10-8-17(9-11-18)25-13-16-4-2-5-19(12-16)28-14-20-21(23)6-3-7-22(20)24/h2-12,25H,13-14H2,1H3,(H,26,27). The van der Waals surface area contributed by atoms with Crippen LogP contribution in [-0.4, -0.2) is 5.91 Å². The maximum absolute atomic E-state index is 13.8. The van der Waals surface area contributed by atoms with Crippen molar-refractivity contribution in [3.8, 4) is 5.75 Å². The van der Waals surface area contributed by atoms with Gasteiger partial charge in [-0.25, -0.2) is 4.39 Å². The Bertz CT molecular complexity index is 941. The number of carbonyl (C=O) groups excluding carboxylic acids is 1. The molecule has 0 fully saturated rings. The number of nitrogens with one attached hydrogen (secondary N) is 2. The second kappa shape index (κ2) is 9.24. The van der Waals surface area contributed by atoms with E-state index in [4.69, 9.17) is 16.3 Å². The maximum Gasteiger partial charge on any atom is 0.221 e. The summed E-state index contributed by atoms with van der Waals surface area (Å²) < 4.78 is 19.5. The Morgan fingerprint density at radius 2 is 1.75 bits per heavy atom. The van der Waals surface area contributed by atoms with E-state index < -0.39 is 0 Å². The molecule has 3 aromatic rings. The van der Waals surface area contributed by atoms with Gasteiger partial charge >= 0.3 is 0 Å². The van der Waals surface area contributed by atoms with Gasteiger partial charge in [0.05, 0.1) is 5.02 Å². The van der Waals surface area contributed by atoms with Crippen molar-refractivity contribution in [2.45, 2.75) is 20.1 Å². The Kier molecular flexibility index (Phi) is 6.50. The zero-order valence-electron chi connectivity index (χ0n) is 15.3. The molecule has 0 unspecified atom stereocenters. The summed E-state index contributed by atoms with van der Waals surface area (Å²) in [6.45, 7) is 2.13. The second-order valence-electron chi connectivity index (χ2n) is 6.25. The first-order valence-electron chi connectivity index (χ1n) is 8.77. The van der Waals surface area contributed by atoms with Gasteiger partial charge in [-0.2, -0.15) is 0 Å². The van der Waals surface area contributed by atoms with Crippen LogP contribution in [0.15, 0.2) is 66.7 Å².